The zero-order valence-electron chi connectivity index (χ0n) is 22.9. The Morgan fingerprint density at radius 3 is 2.86 bits per heavy atom. The predicted octanol–water partition coefficient (Wildman–Crippen LogP) is 4.91. The molecule has 1 amide bonds. The maximum Gasteiger partial charge on any atom is 0.407 e. The molecule has 1 aliphatic rings. The van der Waals surface area contributed by atoms with Gasteiger partial charge in [-0.1, -0.05) is 35.6 Å². The summed E-state index contributed by atoms with van der Waals surface area (Å²) >= 11 is 7.86. The van der Waals surface area contributed by atoms with Crippen LogP contribution in [-0.4, -0.2) is 71.7 Å². The van der Waals surface area contributed by atoms with E-state index in [1.165, 1.54) is 29.8 Å². The van der Waals surface area contributed by atoms with Gasteiger partial charge in [0.25, 0.3) is 0 Å². The third-order valence-electron chi connectivity index (χ3n) is 6.66. The molecule has 3 N–H and O–H groups in total. The number of benzene rings is 2. The molecular weight excluding hydrogens is 617 g/mol. The molecule has 0 aliphatic carbocycles. The predicted molar refractivity (Wildman–Crippen MR) is 164 cm³/mol. The van der Waals surface area contributed by atoms with Crippen molar-refractivity contribution in [2.45, 2.75) is 25.1 Å². The molecule has 2 aromatic heterocycles. The molecule has 2 aromatic carbocycles. The Bertz CT molecular complexity index is 1820. The minimum atomic E-state index is -3.29. The molecule has 43 heavy (non-hydrogen) atoms. The third kappa shape index (κ3) is 8.11. The topological polar surface area (TPSA) is 134 Å². The van der Waals surface area contributed by atoms with Crippen LogP contribution in [0.2, 0.25) is 5.02 Å². The molecule has 5 rings (SSSR count). The van der Waals surface area contributed by atoms with E-state index in [2.05, 4.69) is 32.4 Å². The molecule has 10 nitrogen and oxygen atoms in total. The lowest BCUT2D eigenvalue weighted by Crippen LogP contribution is -2.43. The minimum Gasteiger partial charge on any atom is -0.487 e. The van der Waals surface area contributed by atoms with Crippen molar-refractivity contribution in [3.05, 3.63) is 76.1 Å². The van der Waals surface area contributed by atoms with Crippen LogP contribution in [0, 0.1) is 17.7 Å². The van der Waals surface area contributed by atoms with E-state index in [-0.39, 0.29) is 36.8 Å². The standard InChI is InChI=1S/C29H27ClFN5O5S2/c1-43(39,40)10-9-36(29(37)38)22-12-20(32-15-22)5-7-23-14-25-27(42-23)28(34-17-33-25)35-21-6-8-26(24(30)13-21)41-16-18-3-2-4-19(31)11-18/h2-4,6,8,11,13-14,17,20,22,32H,9-10,12,15-16H2,1H3,(H,37,38)(H,33,34,35)/t20-,22-/m1/s1. The van der Waals surface area contributed by atoms with Gasteiger partial charge in [0.05, 0.1) is 31.9 Å². The van der Waals surface area contributed by atoms with Crippen LogP contribution in [0.15, 0.2) is 54.9 Å². The first-order valence-corrected chi connectivity index (χ1v) is 16.4. The van der Waals surface area contributed by atoms with Crippen molar-refractivity contribution in [2.75, 3.05) is 30.4 Å². The molecule has 1 fully saturated rings. The summed E-state index contributed by atoms with van der Waals surface area (Å²) in [6.07, 6.45) is 1.83. The second kappa shape index (κ2) is 13.1. The molecule has 1 saturated heterocycles. The first kappa shape index (κ1) is 30.5. The Labute approximate surface area is 256 Å². The largest absolute Gasteiger partial charge is 0.487 e. The highest BCUT2D eigenvalue weighted by molar-refractivity contribution is 7.90. The van der Waals surface area contributed by atoms with Gasteiger partial charge >= 0.3 is 6.09 Å². The number of aromatic nitrogens is 2. The zero-order valence-corrected chi connectivity index (χ0v) is 25.3. The molecule has 0 unspecified atom stereocenters. The lowest BCUT2D eigenvalue weighted by Gasteiger charge is -2.25. The van der Waals surface area contributed by atoms with Crippen LogP contribution in [0.3, 0.4) is 0 Å². The summed E-state index contributed by atoms with van der Waals surface area (Å²) in [6, 6.07) is 12.6. The molecule has 4 aromatic rings. The molecule has 0 saturated carbocycles. The van der Waals surface area contributed by atoms with E-state index in [1.807, 2.05) is 6.07 Å². The first-order valence-electron chi connectivity index (χ1n) is 13.1. The van der Waals surface area contributed by atoms with Gasteiger partial charge in [0.1, 0.15) is 34.3 Å². The van der Waals surface area contributed by atoms with E-state index < -0.39 is 15.9 Å². The monoisotopic (exact) mass is 643 g/mol. The normalized spacial score (nSPS) is 16.4. The second-order valence-electron chi connectivity index (χ2n) is 9.96. The van der Waals surface area contributed by atoms with Crippen molar-refractivity contribution in [3.8, 4) is 17.6 Å². The number of hydrogen-bond donors (Lipinski definition) is 3. The third-order valence-corrected chi connectivity index (χ3v) is 8.92. The summed E-state index contributed by atoms with van der Waals surface area (Å²) in [5, 5.41) is 16.4. The number of ether oxygens (including phenoxy) is 1. The average Bonchev–Trinajstić information content (AvgIpc) is 3.58. The quantitative estimate of drug-likeness (QED) is 0.218. The zero-order chi connectivity index (χ0) is 30.6. The number of nitrogens with zero attached hydrogens (tertiary/aromatic N) is 3. The summed E-state index contributed by atoms with van der Waals surface area (Å²) in [5.74, 6) is 6.78. The number of rotatable bonds is 9. The highest BCUT2D eigenvalue weighted by atomic mass is 35.5. The molecule has 0 bridgehead atoms. The number of fused-ring (bicyclic) bond motifs is 1. The fourth-order valence-electron chi connectivity index (χ4n) is 4.55. The van der Waals surface area contributed by atoms with Crippen molar-refractivity contribution < 1.29 is 27.4 Å². The van der Waals surface area contributed by atoms with Crippen LogP contribution in [0.4, 0.5) is 20.7 Å². The molecule has 0 spiro atoms. The summed E-state index contributed by atoms with van der Waals surface area (Å²) in [7, 11) is -3.29. The van der Waals surface area contributed by atoms with Gasteiger partial charge < -0.3 is 25.4 Å². The number of anilines is 2. The summed E-state index contributed by atoms with van der Waals surface area (Å²) < 4.78 is 43.0. The van der Waals surface area contributed by atoms with Gasteiger partial charge in [-0.15, -0.1) is 11.3 Å². The van der Waals surface area contributed by atoms with Gasteiger partial charge in [-0.2, -0.15) is 0 Å². The van der Waals surface area contributed by atoms with Crippen LogP contribution < -0.4 is 15.4 Å². The number of nitrogens with one attached hydrogen (secondary N) is 2. The molecule has 224 valence electrons. The van der Waals surface area contributed by atoms with E-state index in [1.54, 1.807) is 30.3 Å². The highest BCUT2D eigenvalue weighted by Crippen LogP contribution is 2.33. The second-order valence-corrected chi connectivity index (χ2v) is 13.7. The van der Waals surface area contributed by atoms with Gasteiger partial charge in [-0.3, -0.25) is 0 Å². The number of carboxylic acid groups (broad SMARTS) is 1. The van der Waals surface area contributed by atoms with Crippen LogP contribution in [0.25, 0.3) is 10.2 Å². The fraction of sp³-hybridized carbons (Fsp3) is 0.276. The van der Waals surface area contributed by atoms with Crippen LogP contribution in [0.1, 0.15) is 16.9 Å². The van der Waals surface area contributed by atoms with E-state index in [0.29, 0.717) is 46.3 Å². The molecular formula is C29H27ClFN5O5S2. The van der Waals surface area contributed by atoms with Gasteiger partial charge in [0, 0.05) is 31.1 Å². The summed E-state index contributed by atoms with van der Waals surface area (Å²) in [6.45, 7) is 0.480. The van der Waals surface area contributed by atoms with E-state index >= 15 is 0 Å². The Morgan fingerprint density at radius 2 is 2.12 bits per heavy atom. The number of halogens is 2. The maximum absolute atomic E-state index is 13.4. The molecule has 0 radical (unpaired) electrons. The van der Waals surface area contributed by atoms with Crippen molar-refractivity contribution in [1.29, 1.82) is 0 Å². The Kier molecular flexibility index (Phi) is 9.31. The summed E-state index contributed by atoms with van der Waals surface area (Å²) in [5.41, 5.74) is 2.08. The Hall–Kier alpha value is -3.96. The van der Waals surface area contributed by atoms with E-state index in [9.17, 15) is 22.7 Å². The Morgan fingerprint density at radius 1 is 1.28 bits per heavy atom. The number of sulfone groups is 1. The fourth-order valence-corrected chi connectivity index (χ4v) is 6.23. The van der Waals surface area contributed by atoms with Crippen molar-refractivity contribution in [3.63, 3.8) is 0 Å². The van der Waals surface area contributed by atoms with Crippen molar-refractivity contribution in [1.82, 2.24) is 20.2 Å². The summed E-state index contributed by atoms with van der Waals surface area (Å²) in [4.78, 5) is 22.4. The van der Waals surface area contributed by atoms with Gasteiger partial charge in [-0.05, 0) is 48.4 Å². The maximum atomic E-state index is 13.4. The van der Waals surface area contributed by atoms with E-state index in [4.69, 9.17) is 16.3 Å². The van der Waals surface area contributed by atoms with Crippen molar-refractivity contribution >= 4 is 60.6 Å². The van der Waals surface area contributed by atoms with Crippen LogP contribution in [-0.2, 0) is 16.4 Å². The van der Waals surface area contributed by atoms with Gasteiger partial charge in [0.2, 0.25) is 0 Å². The molecule has 1 aliphatic heterocycles. The SMILES string of the molecule is CS(=O)(=O)CCN(C(=O)O)[C@H]1CN[C@H](C#Cc2cc3ncnc(Nc4ccc(OCc5cccc(F)c5)c(Cl)c4)c3s2)C1. The number of thiophene rings is 1. The van der Waals surface area contributed by atoms with Gasteiger partial charge in [0.15, 0.2) is 5.82 Å². The Balaban J connectivity index is 1.24. The number of hydrogen-bond acceptors (Lipinski definition) is 9. The molecule has 14 heteroatoms. The highest BCUT2D eigenvalue weighted by Gasteiger charge is 2.31. The first-order chi connectivity index (χ1) is 20.5. The molecule has 3 heterocycles. The minimum absolute atomic E-state index is 0.0820. The number of amides is 1. The average molecular weight is 644 g/mol. The number of carbonyl (C=O) groups is 1. The van der Waals surface area contributed by atoms with E-state index in [0.717, 1.165) is 20.7 Å². The lowest BCUT2D eigenvalue weighted by molar-refractivity contribution is 0.131. The van der Waals surface area contributed by atoms with Crippen LogP contribution >= 0.6 is 22.9 Å². The van der Waals surface area contributed by atoms with Crippen molar-refractivity contribution in [2.24, 2.45) is 0 Å². The van der Waals surface area contributed by atoms with Gasteiger partial charge in [-0.25, -0.2) is 27.6 Å². The molecule has 2 atom stereocenters. The van der Waals surface area contributed by atoms with Crippen LogP contribution in [0.5, 0.6) is 5.75 Å². The lowest BCUT2D eigenvalue weighted by atomic mass is 10.1. The smallest absolute Gasteiger partial charge is 0.407 e.